The summed E-state index contributed by atoms with van der Waals surface area (Å²) in [5.41, 5.74) is 1.64. The zero-order valence-corrected chi connectivity index (χ0v) is 24.4. The number of ether oxygens (including phenoxy) is 2. The number of rotatable bonds is 17. The summed E-state index contributed by atoms with van der Waals surface area (Å²) >= 11 is 0. The molecule has 9 heteroatoms. The molecule has 0 saturated carbocycles. The van der Waals surface area contributed by atoms with Crippen molar-refractivity contribution in [3.8, 4) is 11.5 Å². The van der Waals surface area contributed by atoms with Gasteiger partial charge in [0.25, 0.3) is 11.8 Å². The number of carbonyl (C=O) groups excluding carboxylic acids is 2. The zero-order chi connectivity index (χ0) is 28.4. The second kappa shape index (κ2) is 14.4. The fraction of sp³-hybridized carbons (Fsp3) is 0.533. The highest BCUT2D eigenvalue weighted by atomic mass is 32.2. The van der Waals surface area contributed by atoms with E-state index in [-0.39, 0.29) is 5.56 Å². The molecule has 0 saturated heterocycles. The van der Waals surface area contributed by atoms with Crippen LogP contribution in [0.25, 0.3) is 0 Å². The Balaban J connectivity index is 1.80. The van der Waals surface area contributed by atoms with Crippen LogP contribution in [-0.2, 0) is 9.84 Å². The van der Waals surface area contributed by atoms with Crippen LogP contribution in [0.15, 0.2) is 36.4 Å². The first-order chi connectivity index (χ1) is 18.7. The first-order valence-corrected chi connectivity index (χ1v) is 16.0. The summed E-state index contributed by atoms with van der Waals surface area (Å²) in [5, 5.41) is 3.34. The summed E-state index contributed by atoms with van der Waals surface area (Å²) < 4.78 is 35.9. The number of hydrogen-bond donors (Lipinski definition) is 1. The predicted octanol–water partition coefficient (Wildman–Crippen LogP) is 6.03. The average molecular weight is 559 g/mol. The minimum atomic E-state index is -3.56. The van der Waals surface area contributed by atoms with Crippen LogP contribution in [0, 0.1) is 0 Å². The van der Waals surface area contributed by atoms with Crippen molar-refractivity contribution in [3.05, 3.63) is 53.1 Å². The Labute approximate surface area is 233 Å². The van der Waals surface area contributed by atoms with Gasteiger partial charge in [-0.3, -0.25) is 14.5 Å². The number of benzene rings is 2. The second-order valence-corrected chi connectivity index (χ2v) is 12.2. The number of nitrogens with one attached hydrogen (secondary N) is 1. The van der Waals surface area contributed by atoms with Crippen molar-refractivity contribution in [2.24, 2.45) is 0 Å². The van der Waals surface area contributed by atoms with Gasteiger partial charge in [-0.15, -0.1) is 0 Å². The van der Waals surface area contributed by atoms with E-state index >= 15 is 0 Å². The maximum absolute atomic E-state index is 13.7. The number of anilines is 1. The molecule has 1 aliphatic rings. The molecule has 1 aliphatic heterocycles. The van der Waals surface area contributed by atoms with Crippen LogP contribution in [0.3, 0.4) is 0 Å². The van der Waals surface area contributed by atoms with E-state index in [1.165, 1.54) is 45.6 Å². The van der Waals surface area contributed by atoms with Crippen LogP contribution in [0.2, 0.25) is 0 Å². The summed E-state index contributed by atoms with van der Waals surface area (Å²) in [4.78, 5) is 28.4. The van der Waals surface area contributed by atoms with Gasteiger partial charge in [0.05, 0.1) is 36.6 Å². The molecule has 0 spiro atoms. The van der Waals surface area contributed by atoms with Gasteiger partial charge in [0.15, 0.2) is 11.5 Å². The Hall–Kier alpha value is -3.07. The van der Waals surface area contributed by atoms with Crippen molar-refractivity contribution < 1.29 is 27.5 Å². The molecule has 3 rings (SSSR count). The van der Waals surface area contributed by atoms with Gasteiger partial charge >= 0.3 is 0 Å². The van der Waals surface area contributed by atoms with Crippen molar-refractivity contribution in [1.82, 2.24) is 4.90 Å². The fourth-order valence-electron chi connectivity index (χ4n) is 4.99. The highest BCUT2D eigenvalue weighted by Gasteiger charge is 2.43. The van der Waals surface area contributed by atoms with Gasteiger partial charge in [0.2, 0.25) is 0 Å². The number of amides is 2. The Morgan fingerprint density at radius 3 is 2.23 bits per heavy atom. The number of unbranched alkanes of at least 4 members (excludes halogenated alkanes) is 7. The predicted molar refractivity (Wildman–Crippen MR) is 155 cm³/mol. The van der Waals surface area contributed by atoms with Crippen LogP contribution < -0.4 is 14.8 Å². The zero-order valence-electron chi connectivity index (χ0n) is 23.6. The van der Waals surface area contributed by atoms with E-state index in [4.69, 9.17) is 9.47 Å². The van der Waals surface area contributed by atoms with E-state index in [2.05, 4.69) is 12.2 Å². The summed E-state index contributed by atoms with van der Waals surface area (Å²) in [6, 6.07) is 9.11. The Bertz CT molecular complexity index is 1240. The molecule has 8 nitrogen and oxygen atoms in total. The van der Waals surface area contributed by atoms with Crippen molar-refractivity contribution in [2.75, 3.05) is 37.6 Å². The van der Waals surface area contributed by atoms with Crippen LogP contribution in [-0.4, -0.2) is 57.4 Å². The Kier molecular flexibility index (Phi) is 11.2. The highest BCUT2D eigenvalue weighted by molar-refractivity contribution is 7.90. The van der Waals surface area contributed by atoms with Gasteiger partial charge in [0, 0.05) is 18.5 Å². The van der Waals surface area contributed by atoms with Crippen LogP contribution in [0.5, 0.6) is 11.5 Å². The van der Waals surface area contributed by atoms with E-state index in [1.807, 2.05) is 6.92 Å². The van der Waals surface area contributed by atoms with E-state index in [1.54, 1.807) is 36.4 Å². The largest absolute Gasteiger partial charge is 0.493 e. The molecule has 2 aromatic rings. The highest BCUT2D eigenvalue weighted by Crippen LogP contribution is 2.38. The first kappa shape index (κ1) is 30.5. The number of nitrogens with zero attached hydrogens (tertiary/aromatic N) is 1. The lowest BCUT2D eigenvalue weighted by Gasteiger charge is -2.27. The number of imide groups is 1. The van der Waals surface area contributed by atoms with Crippen molar-refractivity contribution >= 4 is 27.3 Å². The Morgan fingerprint density at radius 1 is 0.897 bits per heavy atom. The average Bonchev–Trinajstić information content (AvgIpc) is 3.16. The third-order valence-electron chi connectivity index (χ3n) is 6.94. The van der Waals surface area contributed by atoms with Gasteiger partial charge in [-0.05, 0) is 43.2 Å². The first-order valence-electron chi connectivity index (χ1n) is 13.9. The third kappa shape index (κ3) is 7.97. The number of methoxy groups -OCH3 is 1. The molecule has 39 heavy (non-hydrogen) atoms. The molecule has 214 valence electrons. The lowest BCUT2D eigenvalue weighted by molar-refractivity contribution is 0.0597. The Morgan fingerprint density at radius 2 is 1.59 bits per heavy atom. The second-order valence-electron chi connectivity index (χ2n) is 10.1. The van der Waals surface area contributed by atoms with Gasteiger partial charge < -0.3 is 14.8 Å². The number of fused-ring (bicyclic) bond motifs is 1. The van der Waals surface area contributed by atoms with Crippen LogP contribution in [0.4, 0.5) is 5.69 Å². The van der Waals surface area contributed by atoms with Gasteiger partial charge in [0.1, 0.15) is 9.84 Å². The topological polar surface area (TPSA) is 102 Å². The van der Waals surface area contributed by atoms with E-state index in [0.717, 1.165) is 24.0 Å². The molecule has 1 N–H and O–H groups in total. The summed E-state index contributed by atoms with van der Waals surface area (Å²) in [5.74, 6) is -0.518. The molecule has 1 atom stereocenters. The van der Waals surface area contributed by atoms with E-state index in [0.29, 0.717) is 41.5 Å². The van der Waals surface area contributed by atoms with Gasteiger partial charge in [-0.2, -0.15) is 0 Å². The number of hydrogen-bond acceptors (Lipinski definition) is 7. The maximum Gasteiger partial charge on any atom is 0.264 e. The summed E-state index contributed by atoms with van der Waals surface area (Å²) in [6.45, 7) is 5.10. The molecular weight excluding hydrogens is 516 g/mol. The minimum Gasteiger partial charge on any atom is -0.493 e. The van der Waals surface area contributed by atoms with E-state index in [9.17, 15) is 18.0 Å². The fourth-order valence-corrected chi connectivity index (χ4v) is 5.91. The van der Waals surface area contributed by atoms with Gasteiger partial charge in [-0.25, -0.2) is 8.42 Å². The normalized spacial score (nSPS) is 13.9. The number of sulfone groups is 1. The smallest absolute Gasteiger partial charge is 0.264 e. The third-order valence-corrected chi connectivity index (χ3v) is 7.86. The molecule has 0 unspecified atom stereocenters. The van der Waals surface area contributed by atoms with Crippen molar-refractivity contribution in [1.29, 1.82) is 0 Å². The molecule has 0 aliphatic carbocycles. The molecule has 0 radical (unpaired) electrons. The molecule has 0 bridgehead atoms. The lowest BCUT2D eigenvalue weighted by atomic mass is 10.1. The monoisotopic (exact) mass is 558 g/mol. The SMILES string of the molecule is CCCCCCCCCCNc1cccc2c1C(=O)N([C@H](CS(C)(=O)=O)c1ccc(OC)c(OCC)c1)C2=O. The molecular formula is C30H42N2O6S. The summed E-state index contributed by atoms with van der Waals surface area (Å²) in [6.07, 6.45) is 10.7. The van der Waals surface area contributed by atoms with Gasteiger partial charge in [-0.1, -0.05) is 64.0 Å². The molecule has 0 fully saturated rings. The molecule has 2 aromatic carbocycles. The standard InChI is InChI=1S/C30H42N2O6S/c1-5-7-8-9-10-11-12-13-19-31-24-16-14-15-23-28(24)30(34)32(29(23)33)25(21-39(4,35)36)22-17-18-26(37-3)27(20-22)38-6-2/h14-18,20,25,31H,5-13,19,21H2,1-4H3/t25-/m1/s1. The van der Waals surface area contributed by atoms with E-state index < -0.39 is 33.4 Å². The quantitative estimate of drug-likeness (QED) is 0.187. The van der Waals surface area contributed by atoms with Crippen LogP contribution >= 0.6 is 0 Å². The minimum absolute atomic E-state index is 0.276. The molecule has 1 heterocycles. The van der Waals surface area contributed by atoms with Crippen molar-refractivity contribution in [2.45, 2.75) is 71.3 Å². The molecule has 2 amide bonds. The maximum atomic E-state index is 13.7. The van der Waals surface area contributed by atoms with Crippen molar-refractivity contribution in [3.63, 3.8) is 0 Å². The molecule has 0 aromatic heterocycles. The summed E-state index contributed by atoms with van der Waals surface area (Å²) in [7, 11) is -2.05. The van der Waals surface area contributed by atoms with Crippen LogP contribution in [0.1, 0.15) is 97.5 Å². The lowest BCUT2D eigenvalue weighted by Crippen LogP contribution is -2.37. The number of carbonyl (C=O) groups is 2.